The lowest BCUT2D eigenvalue weighted by molar-refractivity contribution is 0.327. The van der Waals surface area contributed by atoms with Gasteiger partial charge in [0.15, 0.2) is 5.75 Å². The van der Waals surface area contributed by atoms with Gasteiger partial charge in [0.05, 0.1) is 11.6 Å². The minimum Gasteiger partial charge on any atom is -0.494 e. The van der Waals surface area contributed by atoms with Gasteiger partial charge >= 0.3 is 0 Å². The topological polar surface area (TPSA) is 67.4 Å². The van der Waals surface area contributed by atoms with Crippen LogP contribution in [0.4, 0.5) is 0 Å². The van der Waals surface area contributed by atoms with Gasteiger partial charge in [0.2, 0.25) is 10.0 Å². The monoisotopic (exact) mass is 396 g/mol. The molecule has 0 aliphatic carbocycles. The molecule has 21 heavy (non-hydrogen) atoms. The third-order valence-corrected chi connectivity index (χ3v) is 5.86. The number of nitrogens with one attached hydrogen (secondary N) is 2. The van der Waals surface area contributed by atoms with E-state index in [1.54, 1.807) is 6.07 Å². The van der Waals surface area contributed by atoms with Crippen molar-refractivity contribution in [3.05, 3.63) is 21.6 Å². The van der Waals surface area contributed by atoms with Gasteiger partial charge in [-0.2, -0.15) is 0 Å². The molecule has 0 bridgehead atoms. The Balaban J connectivity index is 2.35. The molecule has 5 nitrogen and oxygen atoms in total. The van der Waals surface area contributed by atoms with E-state index in [1.165, 1.54) is 13.2 Å². The van der Waals surface area contributed by atoms with Crippen molar-refractivity contribution >= 4 is 37.6 Å². The fraction of sp³-hybridized carbons (Fsp3) is 0.538. The Morgan fingerprint density at radius 3 is 2.81 bits per heavy atom. The van der Waals surface area contributed by atoms with Crippen LogP contribution in [0.2, 0.25) is 5.02 Å². The summed E-state index contributed by atoms with van der Waals surface area (Å²) in [5.74, 6) is 0.482. The van der Waals surface area contributed by atoms with Crippen LogP contribution < -0.4 is 14.8 Å². The highest BCUT2D eigenvalue weighted by Crippen LogP contribution is 2.35. The first-order valence-electron chi connectivity index (χ1n) is 6.61. The fourth-order valence-corrected chi connectivity index (χ4v) is 5.15. The van der Waals surface area contributed by atoms with Crippen LogP contribution in [0.3, 0.4) is 0 Å². The summed E-state index contributed by atoms with van der Waals surface area (Å²) in [5, 5.41) is 3.58. The Morgan fingerprint density at radius 2 is 2.19 bits per heavy atom. The Hall–Kier alpha value is -0.340. The molecule has 1 aliphatic rings. The number of benzene rings is 1. The summed E-state index contributed by atoms with van der Waals surface area (Å²) in [7, 11) is -2.27. The number of piperidine rings is 1. The first kappa shape index (κ1) is 17.0. The van der Waals surface area contributed by atoms with Crippen molar-refractivity contribution in [3.63, 3.8) is 0 Å². The van der Waals surface area contributed by atoms with Gasteiger partial charge in [-0.05, 0) is 53.5 Å². The number of rotatable bonds is 4. The SMILES string of the molecule is COc1c(Br)cc(Cl)cc1S(=O)(=O)NC1CCNCC1C. The second-order valence-electron chi connectivity index (χ2n) is 5.12. The van der Waals surface area contributed by atoms with Gasteiger partial charge in [-0.1, -0.05) is 18.5 Å². The van der Waals surface area contributed by atoms with Crippen LogP contribution in [0.1, 0.15) is 13.3 Å². The zero-order chi connectivity index (χ0) is 15.6. The van der Waals surface area contributed by atoms with Crippen LogP contribution in [0.5, 0.6) is 5.75 Å². The van der Waals surface area contributed by atoms with Gasteiger partial charge in [-0.15, -0.1) is 0 Å². The highest BCUT2D eigenvalue weighted by atomic mass is 79.9. The zero-order valence-corrected chi connectivity index (χ0v) is 15.0. The number of hydrogen-bond donors (Lipinski definition) is 2. The molecule has 8 heteroatoms. The molecule has 1 aliphatic heterocycles. The van der Waals surface area contributed by atoms with E-state index in [1.807, 2.05) is 6.92 Å². The lowest BCUT2D eigenvalue weighted by Crippen LogP contribution is -2.48. The minimum atomic E-state index is -3.70. The standard InChI is InChI=1S/C13H18BrClN2O3S/c1-8-7-16-4-3-11(8)17-21(18,19)12-6-9(15)5-10(14)13(12)20-2/h5-6,8,11,16-17H,3-4,7H2,1-2H3. The Bertz CT molecular complexity index is 624. The smallest absolute Gasteiger partial charge is 0.244 e. The average Bonchev–Trinajstić information content (AvgIpc) is 2.40. The lowest BCUT2D eigenvalue weighted by Gasteiger charge is -2.30. The van der Waals surface area contributed by atoms with E-state index in [-0.39, 0.29) is 22.6 Å². The molecule has 1 saturated heterocycles. The summed E-state index contributed by atoms with van der Waals surface area (Å²) < 4.78 is 33.7. The summed E-state index contributed by atoms with van der Waals surface area (Å²) >= 11 is 9.24. The van der Waals surface area contributed by atoms with Crippen molar-refractivity contribution in [1.29, 1.82) is 0 Å². The molecule has 2 atom stereocenters. The summed E-state index contributed by atoms with van der Waals surface area (Å²) in [6.07, 6.45) is 0.754. The predicted molar refractivity (Wildman–Crippen MR) is 86.5 cm³/mol. The summed E-state index contributed by atoms with van der Waals surface area (Å²) in [4.78, 5) is 0.0510. The third-order valence-electron chi connectivity index (χ3n) is 3.56. The number of halogens is 2. The molecule has 0 aromatic heterocycles. The molecule has 0 radical (unpaired) electrons. The van der Waals surface area contributed by atoms with Crippen LogP contribution in [0.25, 0.3) is 0 Å². The molecule has 1 fully saturated rings. The van der Waals surface area contributed by atoms with Gasteiger partial charge in [-0.25, -0.2) is 13.1 Å². The summed E-state index contributed by atoms with van der Waals surface area (Å²) in [6.45, 7) is 3.61. The van der Waals surface area contributed by atoms with Crippen molar-refractivity contribution in [2.45, 2.75) is 24.3 Å². The molecule has 0 amide bonds. The van der Waals surface area contributed by atoms with Gasteiger partial charge in [0, 0.05) is 11.1 Å². The van der Waals surface area contributed by atoms with Crippen molar-refractivity contribution in [2.75, 3.05) is 20.2 Å². The van der Waals surface area contributed by atoms with E-state index in [9.17, 15) is 8.42 Å². The van der Waals surface area contributed by atoms with Crippen molar-refractivity contribution in [3.8, 4) is 5.75 Å². The number of sulfonamides is 1. The maximum atomic E-state index is 12.6. The molecule has 1 aromatic rings. The molecule has 2 rings (SSSR count). The van der Waals surface area contributed by atoms with E-state index >= 15 is 0 Å². The summed E-state index contributed by atoms with van der Waals surface area (Å²) in [6, 6.07) is 2.91. The van der Waals surface area contributed by atoms with E-state index in [4.69, 9.17) is 16.3 Å². The largest absolute Gasteiger partial charge is 0.494 e. The van der Waals surface area contributed by atoms with Crippen LogP contribution in [-0.4, -0.2) is 34.7 Å². The maximum Gasteiger partial charge on any atom is 0.244 e. The number of hydrogen-bond acceptors (Lipinski definition) is 4. The summed E-state index contributed by atoms with van der Waals surface area (Å²) in [5.41, 5.74) is 0. The second-order valence-corrected chi connectivity index (χ2v) is 8.09. The van der Waals surface area contributed by atoms with Crippen LogP contribution in [-0.2, 0) is 10.0 Å². The molecule has 0 spiro atoms. The molecule has 2 unspecified atom stereocenters. The fourth-order valence-electron chi connectivity index (χ4n) is 2.39. The number of methoxy groups -OCH3 is 1. The zero-order valence-electron chi connectivity index (χ0n) is 11.8. The Kier molecular flexibility index (Phi) is 5.54. The molecule has 2 N–H and O–H groups in total. The molecular formula is C13H18BrClN2O3S. The minimum absolute atomic E-state index is 0.0510. The molecular weight excluding hydrogens is 380 g/mol. The van der Waals surface area contributed by atoms with Gasteiger partial charge < -0.3 is 10.1 Å². The molecule has 0 saturated carbocycles. The first-order valence-corrected chi connectivity index (χ1v) is 9.26. The lowest BCUT2D eigenvalue weighted by atomic mass is 9.97. The van der Waals surface area contributed by atoms with Crippen LogP contribution in [0.15, 0.2) is 21.5 Å². The van der Waals surface area contributed by atoms with Crippen LogP contribution in [0, 0.1) is 5.92 Å². The number of ether oxygens (including phenoxy) is 1. The van der Waals surface area contributed by atoms with Gasteiger partial charge in [0.25, 0.3) is 0 Å². The van der Waals surface area contributed by atoms with E-state index in [0.29, 0.717) is 9.50 Å². The van der Waals surface area contributed by atoms with Gasteiger partial charge in [0.1, 0.15) is 4.90 Å². The molecule has 118 valence electrons. The van der Waals surface area contributed by atoms with Crippen LogP contribution >= 0.6 is 27.5 Å². The molecule has 1 aromatic carbocycles. The van der Waals surface area contributed by atoms with Gasteiger partial charge in [-0.3, -0.25) is 0 Å². The van der Waals surface area contributed by atoms with Crippen molar-refractivity contribution < 1.29 is 13.2 Å². The average molecular weight is 398 g/mol. The predicted octanol–water partition coefficient (Wildman–Crippen LogP) is 2.39. The second kappa shape index (κ2) is 6.83. The van der Waals surface area contributed by atoms with Crippen molar-refractivity contribution in [2.24, 2.45) is 5.92 Å². The first-order chi connectivity index (χ1) is 9.85. The Labute approximate surface area is 138 Å². The quantitative estimate of drug-likeness (QED) is 0.818. The third kappa shape index (κ3) is 3.90. The molecule has 1 heterocycles. The normalized spacial score (nSPS) is 23.0. The van der Waals surface area contributed by atoms with E-state index in [2.05, 4.69) is 26.0 Å². The Morgan fingerprint density at radius 1 is 1.48 bits per heavy atom. The highest BCUT2D eigenvalue weighted by molar-refractivity contribution is 9.10. The van der Waals surface area contributed by atoms with Crippen molar-refractivity contribution in [1.82, 2.24) is 10.0 Å². The highest BCUT2D eigenvalue weighted by Gasteiger charge is 2.29. The maximum absolute atomic E-state index is 12.6. The van der Waals surface area contributed by atoms with E-state index in [0.717, 1.165) is 19.5 Å². The van der Waals surface area contributed by atoms with E-state index < -0.39 is 10.0 Å².